The van der Waals surface area contributed by atoms with Crippen LogP contribution in [-0.2, 0) is 23.7 Å². The van der Waals surface area contributed by atoms with Crippen LogP contribution < -0.4 is 0 Å². The first-order chi connectivity index (χ1) is 10.5. The van der Waals surface area contributed by atoms with Crippen molar-refractivity contribution in [2.24, 2.45) is 0 Å². The van der Waals surface area contributed by atoms with Crippen molar-refractivity contribution in [1.29, 1.82) is 0 Å². The van der Waals surface area contributed by atoms with Crippen LogP contribution in [-0.4, -0.2) is 55.0 Å². The molecule has 2 unspecified atom stereocenters. The predicted molar refractivity (Wildman–Crippen MR) is 81.4 cm³/mol. The van der Waals surface area contributed by atoms with Crippen LogP contribution in [0.4, 0.5) is 0 Å². The van der Waals surface area contributed by atoms with E-state index in [1.807, 2.05) is 6.92 Å². The van der Waals surface area contributed by atoms with Crippen molar-refractivity contribution in [2.45, 2.75) is 84.1 Å². The van der Waals surface area contributed by atoms with Gasteiger partial charge in [0.1, 0.15) is 12.2 Å². The molecule has 1 fully saturated rings. The van der Waals surface area contributed by atoms with Gasteiger partial charge in [0.05, 0.1) is 6.10 Å². The van der Waals surface area contributed by atoms with Gasteiger partial charge >= 0.3 is 5.97 Å². The number of esters is 1. The van der Waals surface area contributed by atoms with Crippen LogP contribution in [0.3, 0.4) is 0 Å². The van der Waals surface area contributed by atoms with Gasteiger partial charge in [-0.3, -0.25) is 4.79 Å². The van der Waals surface area contributed by atoms with Gasteiger partial charge < -0.3 is 24.1 Å². The minimum absolute atomic E-state index is 0.328. The summed E-state index contributed by atoms with van der Waals surface area (Å²) in [6, 6.07) is 0. The summed E-state index contributed by atoms with van der Waals surface area (Å²) < 4.78 is 22.4. The second-order valence-corrected chi connectivity index (χ2v) is 5.68. The number of ether oxygens (including phenoxy) is 4. The Morgan fingerprint density at radius 3 is 2.09 bits per heavy atom. The van der Waals surface area contributed by atoms with E-state index in [0.29, 0.717) is 13.2 Å². The molecule has 6 nitrogen and oxygen atoms in total. The summed E-state index contributed by atoms with van der Waals surface area (Å²) in [5.74, 6) is -0.474. The van der Waals surface area contributed by atoms with E-state index in [9.17, 15) is 9.90 Å². The number of carbonyl (C=O) groups excluding carboxylic acids is 1. The molecule has 0 bridgehead atoms. The molecule has 0 aliphatic carbocycles. The Balaban J connectivity index is 2.79. The van der Waals surface area contributed by atoms with E-state index in [4.69, 9.17) is 18.9 Å². The first-order valence-electron chi connectivity index (χ1n) is 8.25. The Morgan fingerprint density at radius 2 is 1.59 bits per heavy atom. The highest BCUT2D eigenvalue weighted by atomic mass is 16.7. The molecule has 0 saturated carbocycles. The predicted octanol–water partition coefficient (Wildman–Crippen LogP) is 2.03. The van der Waals surface area contributed by atoms with E-state index in [-0.39, 0.29) is 12.2 Å². The molecule has 22 heavy (non-hydrogen) atoms. The van der Waals surface area contributed by atoms with E-state index in [1.54, 1.807) is 0 Å². The number of unbranched alkanes of at least 4 members (excludes halogenated alkanes) is 2. The molecule has 1 aliphatic heterocycles. The van der Waals surface area contributed by atoms with Gasteiger partial charge in [-0.25, -0.2) is 0 Å². The molecule has 6 heteroatoms. The molecule has 1 rings (SSSR count). The van der Waals surface area contributed by atoms with Gasteiger partial charge in [-0.05, 0) is 19.8 Å². The maximum atomic E-state index is 11.3. The number of rotatable bonds is 9. The van der Waals surface area contributed by atoms with E-state index in [1.165, 1.54) is 6.92 Å². The highest BCUT2D eigenvalue weighted by molar-refractivity contribution is 5.66. The summed E-state index contributed by atoms with van der Waals surface area (Å²) in [5, 5.41) is 10.1. The standard InChI is InChI=1S/C16H30O6/c1-5-7-9-19-13-11(3)21-16(18)15(22-12(4)17)14(13)20-10-8-6-2/h11,13-16,18H,5-10H2,1-4H3/t11?,13-,14?,15-,16+/m0/s1. The third kappa shape index (κ3) is 5.83. The molecule has 1 aliphatic rings. The monoisotopic (exact) mass is 318 g/mol. The molecule has 5 atom stereocenters. The molecule has 1 heterocycles. The zero-order chi connectivity index (χ0) is 16.5. The van der Waals surface area contributed by atoms with E-state index < -0.39 is 24.5 Å². The molecular weight excluding hydrogens is 288 g/mol. The van der Waals surface area contributed by atoms with E-state index in [0.717, 1.165) is 25.7 Å². The fourth-order valence-corrected chi connectivity index (χ4v) is 2.46. The van der Waals surface area contributed by atoms with Crippen molar-refractivity contribution in [2.75, 3.05) is 13.2 Å². The zero-order valence-electron chi connectivity index (χ0n) is 14.1. The lowest BCUT2D eigenvalue weighted by Crippen LogP contribution is -2.60. The zero-order valence-corrected chi connectivity index (χ0v) is 14.1. The Hall–Kier alpha value is -0.690. The van der Waals surface area contributed by atoms with Crippen molar-refractivity contribution in [3.63, 3.8) is 0 Å². The van der Waals surface area contributed by atoms with Crippen LogP contribution in [0, 0.1) is 0 Å². The van der Waals surface area contributed by atoms with Crippen molar-refractivity contribution < 1.29 is 28.8 Å². The average Bonchev–Trinajstić information content (AvgIpc) is 2.45. The normalized spacial score (nSPS) is 32.0. The molecule has 130 valence electrons. The Labute approximate surface area is 133 Å². The molecule has 0 radical (unpaired) electrons. The lowest BCUT2D eigenvalue weighted by molar-refractivity contribution is -0.297. The number of aliphatic hydroxyl groups is 1. The molecule has 0 amide bonds. The minimum Gasteiger partial charge on any atom is -0.454 e. The van der Waals surface area contributed by atoms with Crippen molar-refractivity contribution in [1.82, 2.24) is 0 Å². The molecule has 1 saturated heterocycles. The molecule has 0 spiro atoms. The first kappa shape index (κ1) is 19.4. The number of hydrogen-bond acceptors (Lipinski definition) is 6. The second kappa shape index (κ2) is 10.2. The number of aliphatic hydroxyl groups excluding tert-OH is 1. The van der Waals surface area contributed by atoms with Gasteiger partial charge in [0, 0.05) is 20.1 Å². The minimum atomic E-state index is -1.20. The fraction of sp³-hybridized carbons (Fsp3) is 0.938. The average molecular weight is 318 g/mol. The number of hydrogen-bond donors (Lipinski definition) is 1. The summed E-state index contributed by atoms with van der Waals surface area (Å²) >= 11 is 0. The summed E-state index contributed by atoms with van der Waals surface area (Å²) in [6.07, 6.45) is 0.587. The smallest absolute Gasteiger partial charge is 0.303 e. The van der Waals surface area contributed by atoms with E-state index >= 15 is 0 Å². The van der Waals surface area contributed by atoms with Crippen LogP contribution in [0.2, 0.25) is 0 Å². The van der Waals surface area contributed by atoms with Crippen molar-refractivity contribution >= 4 is 5.97 Å². The van der Waals surface area contributed by atoms with Crippen molar-refractivity contribution in [3.8, 4) is 0 Å². The quantitative estimate of drug-likeness (QED) is 0.518. The Kier molecular flexibility index (Phi) is 8.93. The third-order valence-electron chi connectivity index (χ3n) is 3.66. The molecule has 0 aromatic heterocycles. The van der Waals surface area contributed by atoms with Gasteiger partial charge in [0.25, 0.3) is 0 Å². The Bertz CT molecular complexity index is 322. The molecule has 0 aromatic carbocycles. The Morgan fingerprint density at radius 1 is 1.05 bits per heavy atom. The van der Waals surface area contributed by atoms with Gasteiger partial charge in [-0.15, -0.1) is 0 Å². The molecular formula is C16H30O6. The second-order valence-electron chi connectivity index (χ2n) is 5.68. The van der Waals surface area contributed by atoms with Crippen LogP contribution in [0.25, 0.3) is 0 Å². The van der Waals surface area contributed by atoms with Crippen LogP contribution in [0.5, 0.6) is 0 Å². The van der Waals surface area contributed by atoms with Crippen LogP contribution >= 0.6 is 0 Å². The largest absolute Gasteiger partial charge is 0.454 e. The fourth-order valence-electron chi connectivity index (χ4n) is 2.46. The molecule has 1 N–H and O–H groups in total. The van der Waals surface area contributed by atoms with Crippen LogP contribution in [0.1, 0.15) is 53.4 Å². The molecule has 0 aromatic rings. The maximum absolute atomic E-state index is 11.3. The summed E-state index contributed by atoms with van der Waals surface area (Å²) in [5.41, 5.74) is 0. The summed E-state index contributed by atoms with van der Waals surface area (Å²) in [7, 11) is 0. The van der Waals surface area contributed by atoms with Gasteiger partial charge in [-0.2, -0.15) is 0 Å². The highest BCUT2D eigenvalue weighted by Gasteiger charge is 2.47. The number of carbonyl (C=O) groups is 1. The summed E-state index contributed by atoms with van der Waals surface area (Å²) in [4.78, 5) is 11.3. The lowest BCUT2D eigenvalue weighted by Gasteiger charge is -2.43. The van der Waals surface area contributed by atoms with E-state index in [2.05, 4.69) is 13.8 Å². The highest BCUT2D eigenvalue weighted by Crippen LogP contribution is 2.27. The summed E-state index contributed by atoms with van der Waals surface area (Å²) in [6.45, 7) is 8.42. The van der Waals surface area contributed by atoms with Crippen molar-refractivity contribution in [3.05, 3.63) is 0 Å². The van der Waals surface area contributed by atoms with Gasteiger partial charge in [0.2, 0.25) is 0 Å². The lowest BCUT2D eigenvalue weighted by atomic mass is 9.99. The van der Waals surface area contributed by atoms with Gasteiger partial charge in [-0.1, -0.05) is 26.7 Å². The maximum Gasteiger partial charge on any atom is 0.303 e. The van der Waals surface area contributed by atoms with Crippen LogP contribution in [0.15, 0.2) is 0 Å². The SMILES string of the molecule is CCCCOC1[C@@H](OCCCC)C(C)O[C@@H](O)[C@H]1OC(C)=O. The third-order valence-corrected chi connectivity index (χ3v) is 3.66. The van der Waals surface area contributed by atoms with Gasteiger partial charge in [0.15, 0.2) is 12.4 Å². The first-order valence-corrected chi connectivity index (χ1v) is 8.25. The topological polar surface area (TPSA) is 74.2 Å².